The van der Waals surface area contributed by atoms with Crippen molar-refractivity contribution in [3.05, 3.63) is 22.9 Å². The molecule has 0 aliphatic carbocycles. The van der Waals surface area contributed by atoms with Crippen LogP contribution in [-0.2, 0) is 6.54 Å². The molecular formula is C16H28N4. The van der Waals surface area contributed by atoms with Crippen LogP contribution in [0.3, 0.4) is 0 Å². The lowest BCUT2D eigenvalue weighted by molar-refractivity contribution is 0.192. The smallest absolute Gasteiger partial charge is 0.133 e. The average Bonchev–Trinajstić information content (AvgIpc) is 2.46. The highest BCUT2D eigenvalue weighted by atomic mass is 15.3. The van der Waals surface area contributed by atoms with Crippen molar-refractivity contribution < 1.29 is 0 Å². The van der Waals surface area contributed by atoms with E-state index in [1.165, 1.54) is 17.5 Å². The number of aryl methyl sites for hydroxylation is 2. The lowest BCUT2D eigenvalue weighted by atomic mass is 10.1. The number of pyridine rings is 1. The minimum atomic E-state index is 0.569. The maximum Gasteiger partial charge on any atom is 0.133 e. The summed E-state index contributed by atoms with van der Waals surface area (Å²) in [6, 6.07) is 2.81. The number of rotatable bonds is 4. The van der Waals surface area contributed by atoms with Crippen LogP contribution in [0.25, 0.3) is 0 Å². The summed E-state index contributed by atoms with van der Waals surface area (Å²) in [4.78, 5) is 9.72. The van der Waals surface area contributed by atoms with Gasteiger partial charge in [0.05, 0.1) is 0 Å². The number of hydrogen-bond acceptors (Lipinski definition) is 4. The van der Waals surface area contributed by atoms with Crippen molar-refractivity contribution in [2.24, 2.45) is 5.73 Å². The Hall–Kier alpha value is -1.13. The van der Waals surface area contributed by atoms with E-state index in [1.54, 1.807) is 0 Å². The van der Waals surface area contributed by atoms with E-state index in [2.05, 4.69) is 43.6 Å². The molecule has 1 fully saturated rings. The first-order valence-corrected chi connectivity index (χ1v) is 7.73. The molecule has 0 amide bonds. The van der Waals surface area contributed by atoms with Gasteiger partial charge < -0.3 is 10.6 Å². The van der Waals surface area contributed by atoms with Crippen LogP contribution in [-0.4, -0.2) is 42.1 Å². The van der Waals surface area contributed by atoms with Gasteiger partial charge in [-0.2, -0.15) is 0 Å². The fraction of sp³-hybridized carbons (Fsp3) is 0.688. The SMILES string of the molecule is CCC(C)N1CCN(c2nc(C)cc(C)c2CN)CC1. The number of piperazine rings is 1. The van der Waals surface area contributed by atoms with Crippen molar-refractivity contribution in [2.45, 2.75) is 46.7 Å². The van der Waals surface area contributed by atoms with Crippen LogP contribution in [0.1, 0.15) is 37.1 Å². The maximum absolute atomic E-state index is 5.93. The highest BCUT2D eigenvalue weighted by Gasteiger charge is 2.23. The third kappa shape index (κ3) is 3.13. The highest BCUT2D eigenvalue weighted by molar-refractivity contribution is 5.52. The van der Waals surface area contributed by atoms with E-state index in [1.807, 2.05) is 0 Å². The van der Waals surface area contributed by atoms with E-state index in [-0.39, 0.29) is 0 Å². The second-order valence-electron chi connectivity index (χ2n) is 5.87. The Morgan fingerprint density at radius 2 is 1.90 bits per heavy atom. The van der Waals surface area contributed by atoms with E-state index in [4.69, 9.17) is 10.7 Å². The molecule has 0 aromatic carbocycles. The first kappa shape index (κ1) is 15.3. The zero-order valence-electron chi connectivity index (χ0n) is 13.3. The molecular weight excluding hydrogens is 248 g/mol. The summed E-state index contributed by atoms with van der Waals surface area (Å²) in [5, 5.41) is 0. The predicted octanol–water partition coefficient (Wildman–Crippen LogP) is 2.08. The number of anilines is 1. The van der Waals surface area contributed by atoms with Gasteiger partial charge in [0, 0.05) is 50.0 Å². The summed E-state index contributed by atoms with van der Waals surface area (Å²) < 4.78 is 0. The Morgan fingerprint density at radius 3 is 2.45 bits per heavy atom. The van der Waals surface area contributed by atoms with Crippen molar-refractivity contribution >= 4 is 5.82 Å². The van der Waals surface area contributed by atoms with Gasteiger partial charge in [-0.15, -0.1) is 0 Å². The topological polar surface area (TPSA) is 45.4 Å². The highest BCUT2D eigenvalue weighted by Crippen LogP contribution is 2.23. The predicted molar refractivity (Wildman–Crippen MR) is 85.1 cm³/mol. The van der Waals surface area contributed by atoms with E-state index >= 15 is 0 Å². The Morgan fingerprint density at radius 1 is 1.25 bits per heavy atom. The summed E-state index contributed by atoms with van der Waals surface area (Å²) in [6.45, 7) is 13.7. The van der Waals surface area contributed by atoms with Gasteiger partial charge in [-0.05, 0) is 38.8 Å². The number of hydrogen-bond donors (Lipinski definition) is 1. The van der Waals surface area contributed by atoms with Crippen LogP contribution in [0, 0.1) is 13.8 Å². The molecule has 1 aromatic heterocycles. The van der Waals surface area contributed by atoms with Crippen molar-refractivity contribution in [1.82, 2.24) is 9.88 Å². The molecule has 0 saturated carbocycles. The average molecular weight is 276 g/mol. The number of aromatic nitrogens is 1. The lowest BCUT2D eigenvalue weighted by Crippen LogP contribution is -2.50. The molecule has 1 saturated heterocycles. The molecule has 1 aliphatic heterocycles. The second kappa shape index (κ2) is 6.55. The molecule has 0 spiro atoms. The standard InChI is InChI=1S/C16H28N4/c1-5-14(4)19-6-8-20(9-7-19)16-15(11-17)12(2)10-13(3)18-16/h10,14H,5-9,11,17H2,1-4H3. The van der Waals surface area contributed by atoms with Gasteiger partial charge in [0.2, 0.25) is 0 Å². The van der Waals surface area contributed by atoms with Gasteiger partial charge >= 0.3 is 0 Å². The maximum atomic E-state index is 5.93. The molecule has 2 rings (SSSR count). The van der Waals surface area contributed by atoms with Gasteiger partial charge in [-0.25, -0.2) is 4.98 Å². The molecule has 2 heterocycles. The molecule has 0 radical (unpaired) electrons. The monoisotopic (exact) mass is 276 g/mol. The Kier molecular flexibility index (Phi) is 5.00. The first-order valence-electron chi connectivity index (χ1n) is 7.73. The minimum absolute atomic E-state index is 0.569. The summed E-state index contributed by atoms with van der Waals surface area (Å²) in [7, 11) is 0. The molecule has 1 unspecified atom stereocenters. The molecule has 0 bridgehead atoms. The summed E-state index contributed by atoms with van der Waals surface area (Å²) in [5.41, 5.74) is 9.48. The third-order valence-corrected chi connectivity index (χ3v) is 4.49. The zero-order chi connectivity index (χ0) is 14.7. The zero-order valence-corrected chi connectivity index (χ0v) is 13.3. The minimum Gasteiger partial charge on any atom is -0.354 e. The molecule has 1 aliphatic rings. The lowest BCUT2D eigenvalue weighted by Gasteiger charge is -2.39. The normalized spacial score (nSPS) is 18.4. The van der Waals surface area contributed by atoms with E-state index in [9.17, 15) is 0 Å². The first-order chi connectivity index (χ1) is 9.56. The van der Waals surface area contributed by atoms with Gasteiger partial charge in [0.25, 0.3) is 0 Å². The van der Waals surface area contributed by atoms with E-state index < -0.39 is 0 Å². The third-order valence-electron chi connectivity index (χ3n) is 4.49. The quantitative estimate of drug-likeness (QED) is 0.914. The molecule has 112 valence electrons. The van der Waals surface area contributed by atoms with Crippen LogP contribution < -0.4 is 10.6 Å². The summed E-state index contributed by atoms with van der Waals surface area (Å²) in [6.07, 6.45) is 1.22. The fourth-order valence-electron chi connectivity index (χ4n) is 2.99. The summed E-state index contributed by atoms with van der Waals surface area (Å²) in [5.74, 6) is 1.11. The molecule has 1 atom stereocenters. The van der Waals surface area contributed by atoms with Gasteiger partial charge in [-0.1, -0.05) is 6.92 Å². The van der Waals surface area contributed by atoms with Crippen molar-refractivity contribution in [3.8, 4) is 0 Å². The molecule has 4 nitrogen and oxygen atoms in total. The van der Waals surface area contributed by atoms with Crippen molar-refractivity contribution in [1.29, 1.82) is 0 Å². The van der Waals surface area contributed by atoms with Crippen LogP contribution in [0.4, 0.5) is 5.82 Å². The molecule has 20 heavy (non-hydrogen) atoms. The van der Waals surface area contributed by atoms with Crippen LogP contribution >= 0.6 is 0 Å². The molecule has 2 N–H and O–H groups in total. The van der Waals surface area contributed by atoms with Crippen molar-refractivity contribution in [2.75, 3.05) is 31.1 Å². The Balaban J connectivity index is 2.14. The van der Waals surface area contributed by atoms with Crippen LogP contribution in [0.5, 0.6) is 0 Å². The van der Waals surface area contributed by atoms with E-state index in [0.717, 1.165) is 37.7 Å². The fourth-order valence-corrected chi connectivity index (χ4v) is 2.99. The largest absolute Gasteiger partial charge is 0.354 e. The van der Waals surface area contributed by atoms with Gasteiger partial charge in [-0.3, -0.25) is 4.90 Å². The Bertz CT molecular complexity index is 450. The van der Waals surface area contributed by atoms with Crippen LogP contribution in [0.2, 0.25) is 0 Å². The van der Waals surface area contributed by atoms with Gasteiger partial charge in [0.1, 0.15) is 5.82 Å². The molecule has 4 heteroatoms. The number of nitrogens with two attached hydrogens (primary N) is 1. The molecule has 1 aromatic rings. The summed E-state index contributed by atoms with van der Waals surface area (Å²) >= 11 is 0. The van der Waals surface area contributed by atoms with E-state index in [0.29, 0.717) is 12.6 Å². The van der Waals surface area contributed by atoms with Crippen molar-refractivity contribution in [3.63, 3.8) is 0 Å². The Labute approximate surface area is 123 Å². The van der Waals surface area contributed by atoms with Crippen LogP contribution in [0.15, 0.2) is 6.07 Å². The second-order valence-corrected chi connectivity index (χ2v) is 5.87. The number of nitrogens with zero attached hydrogens (tertiary/aromatic N) is 3. The van der Waals surface area contributed by atoms with Gasteiger partial charge in [0.15, 0.2) is 0 Å².